The molecule has 0 saturated carbocycles. The maximum Gasteiger partial charge on any atom is 0.339 e. The van der Waals surface area contributed by atoms with Crippen LogP contribution in [0.3, 0.4) is 0 Å². The lowest BCUT2D eigenvalue weighted by molar-refractivity contribution is 0.0696. The van der Waals surface area contributed by atoms with E-state index in [1.54, 1.807) is 13.0 Å². The Hall–Kier alpha value is -3.22. The van der Waals surface area contributed by atoms with Crippen LogP contribution in [0.1, 0.15) is 16.1 Å². The highest BCUT2D eigenvalue weighted by atomic mass is 16.5. The van der Waals surface area contributed by atoms with Crippen LogP contribution in [-0.4, -0.2) is 30.8 Å². The lowest BCUT2D eigenvalue weighted by Crippen LogP contribution is -2.05. The average molecular weight is 296 g/mol. The Morgan fingerprint density at radius 2 is 2.00 bits per heavy atom. The zero-order valence-electron chi connectivity index (χ0n) is 11.7. The number of ether oxygens (including phenoxy) is 1. The molecule has 0 saturated heterocycles. The van der Waals surface area contributed by atoms with Crippen molar-refractivity contribution >= 4 is 5.97 Å². The summed E-state index contributed by atoms with van der Waals surface area (Å²) in [6, 6.07) is 10.8. The van der Waals surface area contributed by atoms with Crippen molar-refractivity contribution in [3.63, 3.8) is 0 Å². The molecule has 0 fully saturated rings. The smallest absolute Gasteiger partial charge is 0.339 e. The fourth-order valence-electron chi connectivity index (χ4n) is 1.96. The van der Waals surface area contributed by atoms with Gasteiger partial charge < -0.3 is 9.84 Å². The summed E-state index contributed by atoms with van der Waals surface area (Å²) < 4.78 is 7.06. The molecule has 0 unspecified atom stereocenters. The molecule has 0 atom stereocenters. The molecule has 0 aliphatic heterocycles. The van der Waals surface area contributed by atoms with E-state index in [4.69, 9.17) is 9.84 Å². The van der Waals surface area contributed by atoms with Crippen LogP contribution in [0.4, 0.5) is 0 Å². The van der Waals surface area contributed by atoms with Crippen molar-refractivity contribution in [3.8, 4) is 17.4 Å². The molecular weight excluding hydrogens is 284 g/mol. The van der Waals surface area contributed by atoms with Gasteiger partial charge in [-0.05, 0) is 19.1 Å². The largest absolute Gasteiger partial charge is 0.478 e. The van der Waals surface area contributed by atoms with E-state index in [9.17, 15) is 4.79 Å². The van der Waals surface area contributed by atoms with E-state index in [2.05, 4.69) is 15.1 Å². The topological polar surface area (TPSA) is 90.1 Å². The number of aromatic carboxylic acids is 1. The molecule has 1 N–H and O–H groups in total. The molecule has 3 rings (SSSR count). The minimum Gasteiger partial charge on any atom is -0.478 e. The molecule has 0 spiro atoms. The Morgan fingerprint density at radius 3 is 2.68 bits per heavy atom. The second kappa shape index (κ2) is 5.65. The van der Waals surface area contributed by atoms with Gasteiger partial charge in [0.2, 0.25) is 5.88 Å². The third-order valence-electron chi connectivity index (χ3n) is 3.05. The molecule has 2 aromatic heterocycles. The van der Waals surface area contributed by atoms with Gasteiger partial charge >= 0.3 is 5.97 Å². The number of para-hydroxylation sites is 1. The SMILES string of the molecule is Cc1c(C(=O)O)cnn1-c1cc(Oc2ccccc2)ncn1. The van der Waals surface area contributed by atoms with Crippen molar-refractivity contribution in [1.82, 2.24) is 19.7 Å². The van der Waals surface area contributed by atoms with Crippen LogP contribution in [0.25, 0.3) is 5.82 Å². The predicted molar refractivity (Wildman–Crippen MR) is 77.4 cm³/mol. The molecule has 0 aliphatic carbocycles. The second-order valence-corrected chi connectivity index (χ2v) is 4.49. The Bertz CT molecular complexity index is 815. The highest BCUT2D eigenvalue weighted by Gasteiger charge is 2.15. The number of hydrogen-bond donors (Lipinski definition) is 1. The third-order valence-corrected chi connectivity index (χ3v) is 3.05. The van der Waals surface area contributed by atoms with Gasteiger partial charge in [0.15, 0.2) is 5.82 Å². The Morgan fingerprint density at radius 1 is 1.23 bits per heavy atom. The molecular formula is C15H12N4O3. The van der Waals surface area contributed by atoms with Gasteiger partial charge in [-0.3, -0.25) is 0 Å². The first-order chi connectivity index (χ1) is 10.6. The van der Waals surface area contributed by atoms with E-state index < -0.39 is 5.97 Å². The van der Waals surface area contributed by atoms with Crippen LogP contribution in [0, 0.1) is 6.92 Å². The van der Waals surface area contributed by atoms with Gasteiger partial charge in [-0.25, -0.2) is 19.4 Å². The molecule has 7 nitrogen and oxygen atoms in total. The highest BCUT2D eigenvalue weighted by molar-refractivity contribution is 5.88. The molecule has 0 aliphatic rings. The molecule has 3 aromatic rings. The normalized spacial score (nSPS) is 10.4. The second-order valence-electron chi connectivity index (χ2n) is 4.49. The quantitative estimate of drug-likeness (QED) is 0.795. The summed E-state index contributed by atoms with van der Waals surface area (Å²) in [6.45, 7) is 1.66. The van der Waals surface area contributed by atoms with Gasteiger partial charge in [-0.15, -0.1) is 0 Å². The van der Waals surface area contributed by atoms with E-state index in [0.29, 0.717) is 23.1 Å². The lowest BCUT2D eigenvalue weighted by Gasteiger charge is -2.07. The summed E-state index contributed by atoms with van der Waals surface area (Å²) in [6.07, 6.45) is 2.63. The molecule has 0 amide bonds. The Labute approximate surface area is 125 Å². The van der Waals surface area contributed by atoms with E-state index in [1.807, 2.05) is 30.3 Å². The van der Waals surface area contributed by atoms with E-state index in [-0.39, 0.29) is 5.56 Å². The first-order valence-electron chi connectivity index (χ1n) is 6.48. The summed E-state index contributed by atoms with van der Waals surface area (Å²) in [5.74, 6) is 0.406. The average Bonchev–Trinajstić information content (AvgIpc) is 2.90. The molecule has 7 heteroatoms. The van der Waals surface area contributed by atoms with Crippen LogP contribution in [0.2, 0.25) is 0 Å². The Balaban J connectivity index is 1.93. The molecule has 2 heterocycles. The van der Waals surface area contributed by atoms with Crippen molar-refractivity contribution in [2.45, 2.75) is 6.92 Å². The number of aromatic nitrogens is 4. The maximum absolute atomic E-state index is 11.1. The van der Waals surface area contributed by atoms with Gasteiger partial charge in [0.1, 0.15) is 17.6 Å². The third kappa shape index (κ3) is 2.64. The van der Waals surface area contributed by atoms with Gasteiger partial charge in [-0.2, -0.15) is 5.10 Å². The highest BCUT2D eigenvalue weighted by Crippen LogP contribution is 2.20. The number of benzene rings is 1. The van der Waals surface area contributed by atoms with E-state index in [0.717, 1.165) is 0 Å². The molecule has 1 aromatic carbocycles. The first-order valence-corrected chi connectivity index (χ1v) is 6.48. The fourth-order valence-corrected chi connectivity index (χ4v) is 1.96. The molecule has 110 valence electrons. The van der Waals surface area contributed by atoms with Crippen LogP contribution >= 0.6 is 0 Å². The minimum absolute atomic E-state index is 0.129. The zero-order valence-corrected chi connectivity index (χ0v) is 11.7. The number of carbonyl (C=O) groups is 1. The van der Waals surface area contributed by atoms with Gasteiger partial charge in [0.25, 0.3) is 0 Å². The molecule has 22 heavy (non-hydrogen) atoms. The maximum atomic E-state index is 11.1. The summed E-state index contributed by atoms with van der Waals surface area (Å²) >= 11 is 0. The van der Waals surface area contributed by atoms with E-state index >= 15 is 0 Å². The predicted octanol–water partition coefficient (Wildman–Crippen LogP) is 2.46. The lowest BCUT2D eigenvalue weighted by atomic mass is 10.3. The van der Waals surface area contributed by atoms with Crippen molar-refractivity contribution in [2.75, 3.05) is 0 Å². The van der Waals surface area contributed by atoms with Gasteiger partial charge in [0.05, 0.1) is 11.9 Å². The van der Waals surface area contributed by atoms with Crippen LogP contribution in [0.15, 0.2) is 48.9 Å². The number of rotatable bonds is 4. The molecule has 0 bridgehead atoms. The standard InChI is InChI=1S/C15H12N4O3/c1-10-12(15(20)21)8-18-19(10)13-7-14(17-9-16-13)22-11-5-3-2-4-6-11/h2-9H,1H3,(H,20,21). The number of nitrogens with zero attached hydrogens (tertiary/aromatic N) is 4. The molecule has 0 radical (unpaired) electrons. The number of hydrogen-bond acceptors (Lipinski definition) is 5. The van der Waals surface area contributed by atoms with Gasteiger partial charge in [-0.1, -0.05) is 18.2 Å². The van der Waals surface area contributed by atoms with Gasteiger partial charge in [0, 0.05) is 6.07 Å². The van der Waals surface area contributed by atoms with Crippen LogP contribution in [-0.2, 0) is 0 Å². The van der Waals surface area contributed by atoms with Crippen molar-refractivity contribution in [3.05, 3.63) is 60.2 Å². The summed E-state index contributed by atoms with van der Waals surface area (Å²) in [5.41, 5.74) is 0.612. The van der Waals surface area contributed by atoms with Crippen LogP contribution < -0.4 is 4.74 Å². The number of carboxylic acids is 1. The van der Waals surface area contributed by atoms with Crippen molar-refractivity contribution in [1.29, 1.82) is 0 Å². The summed E-state index contributed by atoms with van der Waals surface area (Å²) in [5, 5.41) is 13.1. The summed E-state index contributed by atoms with van der Waals surface area (Å²) in [7, 11) is 0. The van der Waals surface area contributed by atoms with Crippen molar-refractivity contribution in [2.24, 2.45) is 0 Å². The minimum atomic E-state index is -1.03. The van der Waals surface area contributed by atoms with Crippen LogP contribution in [0.5, 0.6) is 11.6 Å². The number of carboxylic acid groups (broad SMARTS) is 1. The van der Waals surface area contributed by atoms with E-state index in [1.165, 1.54) is 17.2 Å². The first kappa shape index (κ1) is 13.7. The fraction of sp³-hybridized carbons (Fsp3) is 0.0667. The Kier molecular flexibility index (Phi) is 3.53. The summed E-state index contributed by atoms with van der Waals surface area (Å²) in [4.78, 5) is 19.2. The van der Waals surface area contributed by atoms with Crippen molar-refractivity contribution < 1.29 is 14.6 Å². The zero-order chi connectivity index (χ0) is 15.5. The monoisotopic (exact) mass is 296 g/mol.